The zero-order valence-corrected chi connectivity index (χ0v) is 19.3. The van der Waals surface area contributed by atoms with Crippen LogP contribution in [0.1, 0.15) is 48.0 Å². The minimum atomic E-state index is -0.259. The lowest BCUT2D eigenvalue weighted by Crippen LogP contribution is -2.57. The van der Waals surface area contributed by atoms with Gasteiger partial charge in [0.25, 0.3) is 5.91 Å². The smallest absolute Gasteiger partial charge is 0.253 e. The Morgan fingerprint density at radius 2 is 1.82 bits per heavy atom. The Labute approximate surface area is 199 Å². The second kappa shape index (κ2) is 9.57. The molecule has 34 heavy (non-hydrogen) atoms. The van der Waals surface area contributed by atoms with E-state index in [2.05, 4.69) is 0 Å². The van der Waals surface area contributed by atoms with Gasteiger partial charge in [-0.3, -0.25) is 14.4 Å². The van der Waals surface area contributed by atoms with Gasteiger partial charge in [0.05, 0.1) is 0 Å². The predicted octanol–water partition coefficient (Wildman–Crippen LogP) is 3.65. The van der Waals surface area contributed by atoms with Gasteiger partial charge in [0, 0.05) is 56.3 Å². The van der Waals surface area contributed by atoms with Gasteiger partial charge in [0.15, 0.2) is 0 Å². The number of likely N-dealkylation sites (tertiary alicyclic amines) is 2. The molecule has 178 valence electrons. The number of hydrogen-bond donors (Lipinski definition) is 0. The van der Waals surface area contributed by atoms with Crippen molar-refractivity contribution in [3.63, 3.8) is 0 Å². The minimum Gasteiger partial charge on any atom is -0.339 e. The Balaban J connectivity index is 1.24. The molecular formula is C27H30FN3O3. The average molecular weight is 464 g/mol. The van der Waals surface area contributed by atoms with Crippen molar-refractivity contribution in [1.82, 2.24) is 9.80 Å². The number of piperidine rings is 2. The number of anilines is 1. The molecule has 0 bridgehead atoms. The number of rotatable bonds is 5. The largest absolute Gasteiger partial charge is 0.339 e. The van der Waals surface area contributed by atoms with E-state index in [0.29, 0.717) is 51.0 Å². The maximum atomic E-state index is 13.5. The number of hydrogen-bond acceptors (Lipinski definition) is 3. The van der Waals surface area contributed by atoms with Crippen molar-refractivity contribution in [3.8, 4) is 0 Å². The maximum Gasteiger partial charge on any atom is 0.253 e. The molecule has 3 amide bonds. The first-order chi connectivity index (χ1) is 16.5. The Kier molecular flexibility index (Phi) is 6.35. The lowest BCUT2D eigenvalue weighted by Gasteiger charge is -2.47. The Morgan fingerprint density at radius 3 is 2.62 bits per heavy atom. The van der Waals surface area contributed by atoms with E-state index in [1.807, 2.05) is 40.1 Å². The summed E-state index contributed by atoms with van der Waals surface area (Å²) in [7, 11) is 0. The number of benzene rings is 2. The monoisotopic (exact) mass is 463 g/mol. The van der Waals surface area contributed by atoms with E-state index < -0.39 is 0 Å². The highest BCUT2D eigenvalue weighted by atomic mass is 19.1. The summed E-state index contributed by atoms with van der Waals surface area (Å²) in [6, 6.07) is 14.0. The van der Waals surface area contributed by atoms with Gasteiger partial charge >= 0.3 is 0 Å². The lowest BCUT2D eigenvalue weighted by atomic mass is 9.83. The summed E-state index contributed by atoms with van der Waals surface area (Å²) < 4.78 is 13.5. The average Bonchev–Trinajstić information content (AvgIpc) is 3.28. The third kappa shape index (κ3) is 4.56. The first kappa shape index (κ1) is 22.6. The van der Waals surface area contributed by atoms with Crippen LogP contribution >= 0.6 is 0 Å². The first-order valence-electron chi connectivity index (χ1n) is 12.2. The van der Waals surface area contributed by atoms with E-state index in [1.54, 1.807) is 11.0 Å². The van der Waals surface area contributed by atoms with Crippen molar-refractivity contribution in [2.75, 3.05) is 31.1 Å². The van der Waals surface area contributed by atoms with E-state index in [4.69, 9.17) is 0 Å². The lowest BCUT2D eigenvalue weighted by molar-refractivity contribution is -0.140. The molecule has 0 unspecified atom stereocenters. The third-order valence-electron chi connectivity index (χ3n) is 7.44. The number of carbonyl (C=O) groups is 3. The highest BCUT2D eigenvalue weighted by Crippen LogP contribution is 2.32. The van der Waals surface area contributed by atoms with Crippen LogP contribution in [0.25, 0.3) is 0 Å². The van der Waals surface area contributed by atoms with E-state index in [1.165, 1.54) is 12.1 Å². The SMILES string of the molecule is O=C(c1cccc(N2CCCC2=O)c1)N1CC[C@H]2[C@H](CCC(=O)N2CCc2cccc(F)c2)C1. The predicted molar refractivity (Wildman–Crippen MR) is 127 cm³/mol. The molecule has 0 spiro atoms. The summed E-state index contributed by atoms with van der Waals surface area (Å²) >= 11 is 0. The van der Waals surface area contributed by atoms with Crippen molar-refractivity contribution in [3.05, 3.63) is 65.5 Å². The molecule has 2 atom stereocenters. The van der Waals surface area contributed by atoms with Crippen LogP contribution in [0.3, 0.4) is 0 Å². The summed E-state index contributed by atoms with van der Waals surface area (Å²) in [5.74, 6) is 0.225. The molecule has 6 nitrogen and oxygen atoms in total. The number of amides is 3. The molecule has 2 aromatic rings. The van der Waals surface area contributed by atoms with Gasteiger partial charge in [0.2, 0.25) is 11.8 Å². The fourth-order valence-electron chi connectivity index (χ4n) is 5.68. The molecular weight excluding hydrogens is 433 g/mol. The van der Waals surface area contributed by atoms with Gasteiger partial charge in [-0.05, 0) is 67.5 Å². The molecule has 0 aliphatic carbocycles. The molecule has 0 saturated carbocycles. The molecule has 3 heterocycles. The fraction of sp³-hybridized carbons (Fsp3) is 0.444. The van der Waals surface area contributed by atoms with E-state index in [9.17, 15) is 18.8 Å². The number of halogens is 1. The molecule has 3 saturated heterocycles. The second-order valence-electron chi connectivity index (χ2n) is 9.57. The summed E-state index contributed by atoms with van der Waals surface area (Å²) in [4.78, 5) is 43.7. The molecule has 5 rings (SSSR count). The van der Waals surface area contributed by atoms with Crippen LogP contribution in [-0.2, 0) is 16.0 Å². The van der Waals surface area contributed by atoms with Crippen LogP contribution < -0.4 is 4.90 Å². The Morgan fingerprint density at radius 1 is 0.971 bits per heavy atom. The molecule has 3 aliphatic rings. The normalized spacial score (nSPS) is 22.8. The van der Waals surface area contributed by atoms with Gasteiger partial charge in [-0.1, -0.05) is 18.2 Å². The molecule has 0 radical (unpaired) electrons. The first-order valence-corrected chi connectivity index (χ1v) is 12.2. The van der Waals surface area contributed by atoms with Gasteiger partial charge < -0.3 is 14.7 Å². The highest BCUT2D eigenvalue weighted by Gasteiger charge is 2.40. The van der Waals surface area contributed by atoms with E-state index in [0.717, 1.165) is 30.5 Å². The van der Waals surface area contributed by atoms with Gasteiger partial charge in [-0.25, -0.2) is 4.39 Å². The molecule has 2 aromatic carbocycles. The quantitative estimate of drug-likeness (QED) is 0.680. The van der Waals surface area contributed by atoms with E-state index >= 15 is 0 Å². The highest BCUT2D eigenvalue weighted by molar-refractivity contribution is 5.99. The maximum absolute atomic E-state index is 13.5. The summed E-state index contributed by atoms with van der Waals surface area (Å²) in [6.45, 7) is 2.49. The third-order valence-corrected chi connectivity index (χ3v) is 7.44. The standard InChI is InChI=1S/C27H30FN3O3/c28-22-6-1-4-19(16-22)11-15-31-24-12-14-29(18-21(24)9-10-26(31)33)27(34)20-5-2-7-23(17-20)30-13-3-8-25(30)32/h1-2,4-7,16-17,21,24H,3,8-15,18H2/t21-,24+/m1/s1. The Bertz CT molecular complexity index is 1100. The summed E-state index contributed by atoms with van der Waals surface area (Å²) in [5.41, 5.74) is 2.28. The summed E-state index contributed by atoms with van der Waals surface area (Å²) in [6.07, 6.45) is 4.04. The van der Waals surface area contributed by atoms with Crippen molar-refractivity contribution >= 4 is 23.4 Å². The zero-order valence-electron chi connectivity index (χ0n) is 19.3. The molecule has 0 N–H and O–H groups in total. The van der Waals surface area contributed by atoms with Crippen molar-refractivity contribution in [1.29, 1.82) is 0 Å². The van der Waals surface area contributed by atoms with Crippen molar-refractivity contribution < 1.29 is 18.8 Å². The Hall–Kier alpha value is -3.22. The topological polar surface area (TPSA) is 60.9 Å². The van der Waals surface area contributed by atoms with Crippen LogP contribution in [0.4, 0.5) is 10.1 Å². The molecule has 3 fully saturated rings. The van der Waals surface area contributed by atoms with Crippen LogP contribution in [0, 0.1) is 11.7 Å². The molecule has 7 heteroatoms. The molecule has 3 aliphatic heterocycles. The summed E-state index contributed by atoms with van der Waals surface area (Å²) in [5, 5.41) is 0. The van der Waals surface area contributed by atoms with Gasteiger partial charge in [-0.15, -0.1) is 0 Å². The van der Waals surface area contributed by atoms with Crippen LogP contribution in [-0.4, -0.2) is 59.7 Å². The van der Waals surface area contributed by atoms with Crippen LogP contribution in [0.5, 0.6) is 0 Å². The van der Waals surface area contributed by atoms with Gasteiger partial charge in [0.1, 0.15) is 5.82 Å². The second-order valence-corrected chi connectivity index (χ2v) is 9.57. The van der Waals surface area contributed by atoms with Crippen molar-refractivity contribution in [2.45, 2.75) is 44.6 Å². The van der Waals surface area contributed by atoms with Crippen molar-refractivity contribution in [2.24, 2.45) is 5.92 Å². The zero-order chi connectivity index (χ0) is 23.7. The molecule has 0 aromatic heterocycles. The van der Waals surface area contributed by atoms with Crippen LogP contribution in [0.15, 0.2) is 48.5 Å². The number of nitrogens with zero attached hydrogens (tertiary/aromatic N) is 3. The minimum absolute atomic E-state index is 0.0184. The number of carbonyl (C=O) groups excluding carboxylic acids is 3. The fourth-order valence-corrected chi connectivity index (χ4v) is 5.68. The van der Waals surface area contributed by atoms with Gasteiger partial charge in [-0.2, -0.15) is 0 Å². The van der Waals surface area contributed by atoms with E-state index in [-0.39, 0.29) is 35.5 Å². The van der Waals surface area contributed by atoms with Crippen LogP contribution in [0.2, 0.25) is 0 Å². The number of fused-ring (bicyclic) bond motifs is 1.